The fraction of sp³-hybridized carbons (Fsp3) is 0.235. The average molecular weight is 345 g/mol. The zero-order chi connectivity index (χ0) is 17.7. The van der Waals surface area contributed by atoms with E-state index < -0.39 is 0 Å². The zero-order valence-electron chi connectivity index (χ0n) is 13.8. The molecule has 0 saturated carbocycles. The van der Waals surface area contributed by atoms with Crippen molar-refractivity contribution in [2.24, 2.45) is 0 Å². The molecule has 0 aliphatic rings. The summed E-state index contributed by atoms with van der Waals surface area (Å²) in [4.78, 5) is 39.6. The molecule has 3 amide bonds. The Bertz CT molecular complexity index is 741. The Kier molecular flexibility index (Phi) is 5.70. The number of hydrogen-bond donors (Lipinski definition) is 1. The van der Waals surface area contributed by atoms with E-state index in [0.29, 0.717) is 16.1 Å². The minimum absolute atomic E-state index is 0.00237. The van der Waals surface area contributed by atoms with Gasteiger partial charge in [0.25, 0.3) is 11.8 Å². The van der Waals surface area contributed by atoms with Gasteiger partial charge in [0.1, 0.15) is 0 Å². The van der Waals surface area contributed by atoms with Gasteiger partial charge >= 0.3 is 0 Å². The van der Waals surface area contributed by atoms with Crippen molar-refractivity contribution in [1.82, 2.24) is 9.80 Å². The Morgan fingerprint density at radius 3 is 2.46 bits per heavy atom. The first-order valence-electron chi connectivity index (χ1n) is 7.29. The van der Waals surface area contributed by atoms with Crippen LogP contribution in [0.2, 0.25) is 0 Å². The third-order valence-electron chi connectivity index (χ3n) is 3.33. The van der Waals surface area contributed by atoms with E-state index in [0.717, 1.165) is 0 Å². The monoisotopic (exact) mass is 345 g/mol. The van der Waals surface area contributed by atoms with Crippen molar-refractivity contribution in [3.63, 3.8) is 0 Å². The number of nitrogens with one attached hydrogen (secondary N) is 1. The summed E-state index contributed by atoms with van der Waals surface area (Å²) in [7, 11) is 4.85. The van der Waals surface area contributed by atoms with E-state index in [1.807, 2.05) is 5.38 Å². The first kappa shape index (κ1) is 17.7. The van der Waals surface area contributed by atoms with Gasteiger partial charge in [0.15, 0.2) is 0 Å². The van der Waals surface area contributed by atoms with E-state index in [-0.39, 0.29) is 24.3 Å². The fourth-order valence-electron chi connectivity index (χ4n) is 1.97. The third kappa shape index (κ3) is 4.42. The highest BCUT2D eigenvalue weighted by molar-refractivity contribution is 7.12. The summed E-state index contributed by atoms with van der Waals surface area (Å²) < 4.78 is 0. The molecule has 0 radical (unpaired) electrons. The van der Waals surface area contributed by atoms with Crippen LogP contribution in [-0.2, 0) is 4.79 Å². The number of carbonyl (C=O) groups is 3. The number of benzene rings is 1. The van der Waals surface area contributed by atoms with Gasteiger partial charge in [-0.2, -0.15) is 0 Å². The van der Waals surface area contributed by atoms with Crippen LogP contribution in [0.25, 0.3) is 0 Å². The molecule has 1 N–H and O–H groups in total. The molecule has 0 aliphatic heterocycles. The van der Waals surface area contributed by atoms with Crippen LogP contribution in [0.4, 0.5) is 5.69 Å². The largest absolute Gasteiger partial charge is 0.347 e. The van der Waals surface area contributed by atoms with Gasteiger partial charge in [0.2, 0.25) is 5.91 Å². The highest BCUT2D eigenvalue weighted by Gasteiger charge is 2.16. The molecule has 1 aromatic carbocycles. The highest BCUT2D eigenvalue weighted by atomic mass is 32.1. The van der Waals surface area contributed by atoms with Crippen LogP contribution in [0.15, 0.2) is 41.8 Å². The summed E-state index contributed by atoms with van der Waals surface area (Å²) in [5.74, 6) is -0.656. The minimum atomic E-state index is -0.280. The van der Waals surface area contributed by atoms with Gasteiger partial charge in [-0.25, -0.2) is 0 Å². The summed E-state index contributed by atoms with van der Waals surface area (Å²) in [5.41, 5.74) is 0.944. The summed E-state index contributed by atoms with van der Waals surface area (Å²) >= 11 is 1.35. The van der Waals surface area contributed by atoms with Crippen LogP contribution in [0.3, 0.4) is 0 Å². The lowest BCUT2D eigenvalue weighted by Gasteiger charge is -2.19. The first-order chi connectivity index (χ1) is 11.4. The molecule has 0 unspecified atom stereocenters. The van der Waals surface area contributed by atoms with Gasteiger partial charge in [-0.15, -0.1) is 11.3 Å². The second-order valence-corrected chi connectivity index (χ2v) is 6.41. The second-order valence-electron chi connectivity index (χ2n) is 5.46. The van der Waals surface area contributed by atoms with Gasteiger partial charge in [-0.3, -0.25) is 14.4 Å². The van der Waals surface area contributed by atoms with Crippen LogP contribution in [0.5, 0.6) is 0 Å². The molecule has 0 bridgehead atoms. The summed E-state index contributed by atoms with van der Waals surface area (Å²) in [6.45, 7) is -0.00237. The molecule has 0 spiro atoms. The maximum atomic E-state index is 12.4. The molecule has 24 heavy (non-hydrogen) atoms. The Labute approximate surface area is 144 Å². The molecule has 2 rings (SSSR count). The maximum Gasteiger partial charge on any atom is 0.265 e. The van der Waals surface area contributed by atoms with Crippen LogP contribution in [0, 0.1) is 0 Å². The van der Waals surface area contributed by atoms with E-state index in [4.69, 9.17) is 0 Å². The SMILES string of the molecule is CN(C)C(=O)CN(C)C(=O)c1cccc(NC(=O)c2cccs2)c1. The van der Waals surface area contributed by atoms with Crippen LogP contribution < -0.4 is 5.32 Å². The molecule has 0 saturated heterocycles. The van der Waals surface area contributed by atoms with Crippen molar-refractivity contribution in [3.8, 4) is 0 Å². The second kappa shape index (κ2) is 7.74. The van der Waals surface area contributed by atoms with Gasteiger partial charge in [-0.05, 0) is 29.6 Å². The zero-order valence-corrected chi connectivity index (χ0v) is 14.6. The minimum Gasteiger partial charge on any atom is -0.347 e. The number of amides is 3. The molecule has 0 atom stereocenters. The molecular formula is C17H19N3O3S. The number of nitrogens with zero attached hydrogens (tertiary/aromatic N) is 2. The van der Waals surface area contributed by atoms with Gasteiger partial charge < -0.3 is 15.1 Å². The Morgan fingerprint density at radius 1 is 1.08 bits per heavy atom. The van der Waals surface area contributed by atoms with Crippen molar-refractivity contribution < 1.29 is 14.4 Å². The lowest BCUT2D eigenvalue weighted by atomic mass is 10.1. The molecule has 2 aromatic rings. The van der Waals surface area contributed by atoms with Crippen molar-refractivity contribution >= 4 is 34.7 Å². The summed E-state index contributed by atoms with van der Waals surface area (Å²) in [6.07, 6.45) is 0. The summed E-state index contributed by atoms with van der Waals surface area (Å²) in [5, 5.41) is 4.59. The predicted octanol–water partition coefficient (Wildman–Crippen LogP) is 2.16. The highest BCUT2D eigenvalue weighted by Crippen LogP contribution is 2.16. The number of rotatable bonds is 5. The number of hydrogen-bond acceptors (Lipinski definition) is 4. The van der Waals surface area contributed by atoms with Gasteiger partial charge in [0.05, 0.1) is 11.4 Å². The van der Waals surface area contributed by atoms with Crippen LogP contribution in [0.1, 0.15) is 20.0 Å². The average Bonchev–Trinajstić information content (AvgIpc) is 3.08. The number of thiophene rings is 1. The molecule has 0 aliphatic carbocycles. The fourth-order valence-corrected chi connectivity index (χ4v) is 2.59. The predicted molar refractivity (Wildman–Crippen MR) is 94.4 cm³/mol. The summed E-state index contributed by atoms with van der Waals surface area (Å²) in [6, 6.07) is 10.2. The number of likely N-dealkylation sites (N-methyl/N-ethyl adjacent to an activating group) is 2. The van der Waals surface area contributed by atoms with E-state index in [1.54, 1.807) is 57.5 Å². The lowest BCUT2D eigenvalue weighted by molar-refractivity contribution is -0.129. The molecule has 6 nitrogen and oxygen atoms in total. The maximum absolute atomic E-state index is 12.4. The number of anilines is 1. The van der Waals surface area contributed by atoms with Crippen molar-refractivity contribution in [2.45, 2.75) is 0 Å². The lowest BCUT2D eigenvalue weighted by Crippen LogP contribution is -2.37. The molecule has 1 heterocycles. The molecular weight excluding hydrogens is 326 g/mol. The van der Waals surface area contributed by atoms with Crippen LogP contribution >= 0.6 is 11.3 Å². The first-order valence-corrected chi connectivity index (χ1v) is 8.17. The van der Waals surface area contributed by atoms with Gasteiger partial charge in [0, 0.05) is 32.4 Å². The third-order valence-corrected chi connectivity index (χ3v) is 4.20. The van der Waals surface area contributed by atoms with Crippen molar-refractivity contribution in [2.75, 3.05) is 33.0 Å². The van der Waals surface area contributed by atoms with E-state index in [9.17, 15) is 14.4 Å². The van der Waals surface area contributed by atoms with E-state index in [1.165, 1.54) is 21.1 Å². The van der Waals surface area contributed by atoms with Crippen LogP contribution in [-0.4, -0.2) is 55.2 Å². The van der Waals surface area contributed by atoms with E-state index >= 15 is 0 Å². The quantitative estimate of drug-likeness (QED) is 0.903. The smallest absolute Gasteiger partial charge is 0.265 e. The number of carbonyl (C=O) groups excluding carboxylic acids is 3. The Morgan fingerprint density at radius 2 is 1.83 bits per heavy atom. The van der Waals surface area contributed by atoms with E-state index in [2.05, 4.69) is 5.32 Å². The van der Waals surface area contributed by atoms with Gasteiger partial charge in [-0.1, -0.05) is 12.1 Å². The normalized spacial score (nSPS) is 10.1. The Balaban J connectivity index is 2.07. The Hall–Kier alpha value is -2.67. The molecule has 7 heteroatoms. The molecule has 1 aromatic heterocycles. The van der Waals surface area contributed by atoms with Crippen molar-refractivity contribution in [1.29, 1.82) is 0 Å². The van der Waals surface area contributed by atoms with Crippen molar-refractivity contribution in [3.05, 3.63) is 52.2 Å². The standard InChI is InChI=1S/C17H19N3O3S/c1-19(2)15(21)11-20(3)17(23)12-6-4-7-13(10-12)18-16(22)14-8-5-9-24-14/h4-10H,11H2,1-3H3,(H,18,22). The topological polar surface area (TPSA) is 69.7 Å². The molecule has 0 fully saturated rings. The molecule has 126 valence electrons.